The summed E-state index contributed by atoms with van der Waals surface area (Å²) in [6.45, 7) is 4.83. The van der Waals surface area contributed by atoms with Crippen LogP contribution in [-0.4, -0.2) is 30.6 Å². The predicted molar refractivity (Wildman–Crippen MR) is 116 cm³/mol. The highest BCUT2D eigenvalue weighted by Crippen LogP contribution is 2.21. The Bertz CT molecular complexity index is 1160. The van der Waals surface area contributed by atoms with Crippen molar-refractivity contribution in [3.05, 3.63) is 72.3 Å². The van der Waals surface area contributed by atoms with E-state index in [-0.39, 0.29) is 18.4 Å². The molecule has 152 valence electrons. The Balaban J connectivity index is 1.43. The Kier molecular flexibility index (Phi) is 5.65. The maximum absolute atomic E-state index is 12.3. The molecule has 4 aromatic rings. The number of carbonyl (C=O) groups excluding carboxylic acids is 1. The third-order valence-corrected chi connectivity index (χ3v) is 4.70. The van der Waals surface area contributed by atoms with E-state index in [1.165, 1.54) is 0 Å². The van der Waals surface area contributed by atoms with Crippen molar-refractivity contribution in [3.63, 3.8) is 0 Å². The summed E-state index contributed by atoms with van der Waals surface area (Å²) in [7, 11) is 0. The first-order chi connectivity index (χ1) is 14.6. The molecule has 0 aliphatic heterocycles. The van der Waals surface area contributed by atoms with E-state index < -0.39 is 0 Å². The lowest BCUT2D eigenvalue weighted by molar-refractivity contribution is -0.115. The SMILES string of the molecule is CCn1cc2ncc(N[C@@H](C)c3cccc(NC(=O)Cc4ccccn4)c3)nc2n1. The lowest BCUT2D eigenvalue weighted by atomic mass is 10.1. The average molecular weight is 401 g/mol. The molecule has 0 spiro atoms. The minimum absolute atomic E-state index is 0.0300. The number of aryl methyl sites for hydroxylation is 1. The first-order valence-electron chi connectivity index (χ1n) is 9.87. The van der Waals surface area contributed by atoms with Crippen LogP contribution in [0.5, 0.6) is 0 Å². The first-order valence-corrected chi connectivity index (χ1v) is 9.87. The predicted octanol–water partition coefficient (Wildman–Crippen LogP) is 3.60. The van der Waals surface area contributed by atoms with Crippen molar-refractivity contribution < 1.29 is 4.79 Å². The smallest absolute Gasteiger partial charge is 0.230 e. The first kappa shape index (κ1) is 19.5. The van der Waals surface area contributed by atoms with Gasteiger partial charge in [0, 0.05) is 24.1 Å². The van der Waals surface area contributed by atoms with Crippen molar-refractivity contribution in [2.75, 3.05) is 10.6 Å². The van der Waals surface area contributed by atoms with Crippen LogP contribution in [-0.2, 0) is 17.8 Å². The molecule has 8 heteroatoms. The van der Waals surface area contributed by atoms with Gasteiger partial charge >= 0.3 is 0 Å². The van der Waals surface area contributed by atoms with E-state index in [1.54, 1.807) is 12.4 Å². The standard InChI is InChI=1S/C22H23N7O/c1-3-29-14-19-22(28-29)27-20(13-24-19)25-15(2)16-7-6-9-18(11-16)26-21(30)12-17-8-4-5-10-23-17/h4-11,13-15H,3,12H2,1-2H3,(H,26,30)(H,25,27,28)/t15-/m0/s1. The maximum Gasteiger partial charge on any atom is 0.230 e. The number of nitrogens with zero attached hydrogens (tertiary/aromatic N) is 5. The molecule has 1 aromatic carbocycles. The molecule has 30 heavy (non-hydrogen) atoms. The van der Waals surface area contributed by atoms with Gasteiger partial charge in [0.25, 0.3) is 0 Å². The molecular weight excluding hydrogens is 378 g/mol. The second kappa shape index (κ2) is 8.69. The van der Waals surface area contributed by atoms with Gasteiger partial charge in [0.05, 0.1) is 24.9 Å². The van der Waals surface area contributed by atoms with Crippen molar-refractivity contribution in [3.8, 4) is 0 Å². The number of hydrogen-bond acceptors (Lipinski definition) is 6. The number of rotatable bonds is 7. The van der Waals surface area contributed by atoms with Gasteiger partial charge in [-0.05, 0) is 43.7 Å². The molecule has 1 atom stereocenters. The Morgan fingerprint density at radius 2 is 2.07 bits per heavy atom. The molecule has 3 heterocycles. The molecule has 0 fully saturated rings. The summed E-state index contributed by atoms with van der Waals surface area (Å²) in [5.74, 6) is 0.551. The lowest BCUT2D eigenvalue weighted by Crippen LogP contribution is -2.15. The van der Waals surface area contributed by atoms with Crippen LogP contribution < -0.4 is 10.6 Å². The number of carbonyl (C=O) groups is 1. The second-order valence-corrected chi connectivity index (χ2v) is 6.99. The highest BCUT2D eigenvalue weighted by Gasteiger charge is 2.11. The van der Waals surface area contributed by atoms with Crippen LogP contribution in [0.3, 0.4) is 0 Å². The topological polar surface area (TPSA) is 97.6 Å². The summed E-state index contributed by atoms with van der Waals surface area (Å²) in [6.07, 6.45) is 5.51. The van der Waals surface area contributed by atoms with E-state index in [2.05, 4.69) is 30.7 Å². The lowest BCUT2D eigenvalue weighted by Gasteiger charge is -2.16. The van der Waals surface area contributed by atoms with Gasteiger partial charge in [0.1, 0.15) is 11.3 Å². The van der Waals surface area contributed by atoms with Gasteiger partial charge in [-0.25, -0.2) is 9.97 Å². The van der Waals surface area contributed by atoms with Gasteiger partial charge in [0.15, 0.2) is 0 Å². The van der Waals surface area contributed by atoms with Crippen molar-refractivity contribution in [2.45, 2.75) is 32.9 Å². The van der Waals surface area contributed by atoms with Crippen LogP contribution in [0, 0.1) is 0 Å². The number of anilines is 2. The zero-order valence-corrected chi connectivity index (χ0v) is 16.9. The molecule has 0 unspecified atom stereocenters. The number of nitrogens with one attached hydrogen (secondary N) is 2. The molecule has 0 saturated heterocycles. The quantitative estimate of drug-likeness (QED) is 0.491. The third kappa shape index (κ3) is 4.60. The molecule has 3 aromatic heterocycles. The van der Waals surface area contributed by atoms with Gasteiger partial charge in [-0.2, -0.15) is 5.10 Å². The average Bonchev–Trinajstić information content (AvgIpc) is 3.17. The summed E-state index contributed by atoms with van der Waals surface area (Å²) in [6, 6.07) is 13.3. The Morgan fingerprint density at radius 3 is 2.87 bits per heavy atom. The molecular formula is C22H23N7O. The van der Waals surface area contributed by atoms with Crippen molar-refractivity contribution in [1.82, 2.24) is 24.7 Å². The molecule has 1 amide bonds. The molecule has 0 saturated carbocycles. The van der Waals surface area contributed by atoms with Crippen LogP contribution in [0.4, 0.5) is 11.5 Å². The van der Waals surface area contributed by atoms with E-state index in [1.807, 2.05) is 67.2 Å². The van der Waals surface area contributed by atoms with E-state index in [0.29, 0.717) is 11.5 Å². The van der Waals surface area contributed by atoms with Gasteiger partial charge in [-0.3, -0.25) is 14.5 Å². The largest absolute Gasteiger partial charge is 0.362 e. The van der Waals surface area contributed by atoms with Gasteiger partial charge in [-0.15, -0.1) is 0 Å². The van der Waals surface area contributed by atoms with Crippen LogP contribution in [0.15, 0.2) is 61.1 Å². The fourth-order valence-electron chi connectivity index (χ4n) is 3.14. The molecule has 4 rings (SSSR count). The highest BCUT2D eigenvalue weighted by molar-refractivity contribution is 5.92. The fraction of sp³-hybridized carbons (Fsp3) is 0.227. The molecule has 0 bridgehead atoms. The number of hydrogen-bond donors (Lipinski definition) is 2. The molecule has 8 nitrogen and oxygen atoms in total. The van der Waals surface area contributed by atoms with Crippen LogP contribution >= 0.6 is 0 Å². The highest BCUT2D eigenvalue weighted by atomic mass is 16.1. The number of fused-ring (bicyclic) bond motifs is 1. The van der Waals surface area contributed by atoms with Crippen LogP contribution in [0.1, 0.15) is 31.1 Å². The van der Waals surface area contributed by atoms with E-state index in [4.69, 9.17) is 0 Å². The fourth-order valence-corrected chi connectivity index (χ4v) is 3.14. The number of pyridine rings is 1. The van der Waals surface area contributed by atoms with Crippen molar-refractivity contribution in [1.29, 1.82) is 0 Å². The molecule has 0 aliphatic carbocycles. The van der Waals surface area contributed by atoms with Crippen LogP contribution in [0.25, 0.3) is 11.2 Å². The zero-order valence-electron chi connectivity index (χ0n) is 16.9. The summed E-state index contributed by atoms with van der Waals surface area (Å²) in [4.78, 5) is 25.5. The van der Waals surface area contributed by atoms with Gasteiger partial charge in [-0.1, -0.05) is 18.2 Å². The molecule has 2 N–H and O–H groups in total. The Morgan fingerprint density at radius 1 is 1.17 bits per heavy atom. The van der Waals surface area contributed by atoms with Crippen LogP contribution in [0.2, 0.25) is 0 Å². The minimum Gasteiger partial charge on any atom is -0.362 e. The molecule has 0 radical (unpaired) electrons. The Hall–Kier alpha value is -3.81. The summed E-state index contributed by atoms with van der Waals surface area (Å²) >= 11 is 0. The maximum atomic E-state index is 12.3. The summed E-state index contributed by atoms with van der Waals surface area (Å²) in [5, 5.41) is 10.7. The summed E-state index contributed by atoms with van der Waals surface area (Å²) < 4.78 is 1.81. The number of aromatic nitrogens is 5. The monoisotopic (exact) mass is 401 g/mol. The zero-order chi connectivity index (χ0) is 20.9. The normalized spacial score (nSPS) is 11.9. The van der Waals surface area contributed by atoms with Crippen molar-refractivity contribution in [2.24, 2.45) is 0 Å². The summed E-state index contributed by atoms with van der Waals surface area (Å²) in [5.41, 5.74) is 3.88. The van der Waals surface area contributed by atoms with Gasteiger partial charge in [0.2, 0.25) is 11.6 Å². The number of benzene rings is 1. The second-order valence-electron chi connectivity index (χ2n) is 6.99. The molecule has 0 aliphatic rings. The van der Waals surface area contributed by atoms with E-state index >= 15 is 0 Å². The minimum atomic E-state index is -0.103. The van der Waals surface area contributed by atoms with E-state index in [9.17, 15) is 4.79 Å². The third-order valence-electron chi connectivity index (χ3n) is 4.70. The van der Waals surface area contributed by atoms with E-state index in [0.717, 1.165) is 29.0 Å². The van der Waals surface area contributed by atoms with Crippen molar-refractivity contribution >= 4 is 28.6 Å². The number of amides is 1. The van der Waals surface area contributed by atoms with Gasteiger partial charge < -0.3 is 10.6 Å². The Labute approximate surface area is 174 Å².